The zero-order valence-corrected chi connectivity index (χ0v) is 17.5. The van der Waals surface area contributed by atoms with Gasteiger partial charge >= 0.3 is 0 Å². The summed E-state index contributed by atoms with van der Waals surface area (Å²) in [6.07, 6.45) is 1.95. The molecule has 30 heavy (non-hydrogen) atoms. The van der Waals surface area contributed by atoms with Crippen LogP contribution in [0.1, 0.15) is 37.0 Å². The van der Waals surface area contributed by atoms with Crippen LogP contribution in [-0.2, 0) is 0 Å². The Balaban J connectivity index is 1.73. The maximum atomic E-state index is 13.4. The van der Waals surface area contributed by atoms with Gasteiger partial charge in [-0.25, -0.2) is 13.8 Å². The molecule has 3 rings (SSSR count). The number of benzene rings is 2. The average molecular weight is 432 g/mol. The molecule has 1 heterocycles. The summed E-state index contributed by atoms with van der Waals surface area (Å²) in [5.41, 5.74) is 1.27. The van der Waals surface area contributed by atoms with Gasteiger partial charge < -0.3 is 9.47 Å². The summed E-state index contributed by atoms with van der Waals surface area (Å²) in [6.45, 7) is 4.96. The third kappa shape index (κ3) is 5.33. The van der Waals surface area contributed by atoms with E-state index in [0.29, 0.717) is 46.7 Å². The number of unbranched alkanes of at least 4 members (excludes halogenated alkanes) is 1. The smallest absolute Gasteiger partial charge is 0.257 e. The van der Waals surface area contributed by atoms with Crippen LogP contribution in [0.15, 0.2) is 41.8 Å². The first-order valence-corrected chi connectivity index (χ1v) is 10.5. The third-order valence-electron chi connectivity index (χ3n) is 4.20. The van der Waals surface area contributed by atoms with Crippen molar-refractivity contribution in [2.24, 2.45) is 0 Å². The van der Waals surface area contributed by atoms with Crippen molar-refractivity contribution >= 4 is 22.4 Å². The van der Waals surface area contributed by atoms with E-state index in [9.17, 15) is 13.6 Å². The van der Waals surface area contributed by atoms with E-state index in [0.717, 1.165) is 25.0 Å². The van der Waals surface area contributed by atoms with E-state index in [-0.39, 0.29) is 5.91 Å². The monoisotopic (exact) mass is 432 g/mol. The highest BCUT2D eigenvalue weighted by Gasteiger charge is 2.14. The number of nitrogens with zero attached hydrogens (tertiary/aromatic N) is 1. The highest BCUT2D eigenvalue weighted by Crippen LogP contribution is 2.30. The second-order valence-corrected chi connectivity index (χ2v) is 7.28. The van der Waals surface area contributed by atoms with Crippen molar-refractivity contribution in [2.75, 3.05) is 18.5 Å². The molecule has 0 aliphatic heterocycles. The predicted octanol–water partition coefficient (Wildman–Crippen LogP) is 5.92. The highest BCUT2D eigenvalue weighted by atomic mass is 32.1. The van der Waals surface area contributed by atoms with Gasteiger partial charge in [0.2, 0.25) is 0 Å². The number of anilines is 1. The molecule has 0 aliphatic carbocycles. The lowest BCUT2D eigenvalue weighted by atomic mass is 10.1. The fourth-order valence-electron chi connectivity index (χ4n) is 2.65. The Morgan fingerprint density at radius 1 is 1.07 bits per heavy atom. The maximum Gasteiger partial charge on any atom is 0.257 e. The zero-order valence-electron chi connectivity index (χ0n) is 16.7. The van der Waals surface area contributed by atoms with Crippen molar-refractivity contribution in [3.63, 3.8) is 0 Å². The SMILES string of the molecule is CCCCOc1ccc(C(=O)Nc2nc(-c3ccc(F)c(F)c3)cs2)cc1OCC. The molecule has 1 N–H and O–H groups in total. The lowest BCUT2D eigenvalue weighted by molar-refractivity contribution is 0.102. The lowest BCUT2D eigenvalue weighted by Crippen LogP contribution is -2.12. The number of thiazole rings is 1. The molecule has 5 nitrogen and oxygen atoms in total. The number of carbonyl (C=O) groups excluding carboxylic acids is 1. The largest absolute Gasteiger partial charge is 0.490 e. The second kappa shape index (κ2) is 10.2. The van der Waals surface area contributed by atoms with Gasteiger partial charge in [0.25, 0.3) is 5.91 Å². The Bertz CT molecular complexity index is 1020. The minimum Gasteiger partial charge on any atom is -0.490 e. The molecule has 158 valence electrons. The van der Waals surface area contributed by atoms with Crippen LogP contribution in [0.25, 0.3) is 11.3 Å². The molecule has 0 spiro atoms. The molecule has 8 heteroatoms. The first-order chi connectivity index (χ1) is 14.5. The molecule has 0 unspecified atom stereocenters. The van der Waals surface area contributed by atoms with Crippen LogP contribution < -0.4 is 14.8 Å². The molecule has 3 aromatic rings. The van der Waals surface area contributed by atoms with E-state index in [1.807, 2.05) is 6.92 Å². The van der Waals surface area contributed by atoms with Crippen molar-refractivity contribution in [2.45, 2.75) is 26.7 Å². The van der Waals surface area contributed by atoms with Gasteiger partial charge in [-0.2, -0.15) is 0 Å². The summed E-state index contributed by atoms with van der Waals surface area (Å²) in [4.78, 5) is 16.9. The average Bonchev–Trinajstić information content (AvgIpc) is 3.20. The Hall–Kier alpha value is -3.00. The van der Waals surface area contributed by atoms with Crippen LogP contribution in [0.3, 0.4) is 0 Å². The highest BCUT2D eigenvalue weighted by molar-refractivity contribution is 7.14. The number of halogens is 2. The molecule has 0 saturated carbocycles. The molecule has 1 amide bonds. The normalized spacial score (nSPS) is 10.7. The Morgan fingerprint density at radius 3 is 2.63 bits per heavy atom. The predicted molar refractivity (Wildman–Crippen MR) is 113 cm³/mol. The number of amides is 1. The minimum atomic E-state index is -0.948. The van der Waals surface area contributed by atoms with E-state index < -0.39 is 11.6 Å². The van der Waals surface area contributed by atoms with Crippen molar-refractivity contribution in [3.8, 4) is 22.8 Å². The van der Waals surface area contributed by atoms with Gasteiger partial charge in [-0.3, -0.25) is 10.1 Å². The van der Waals surface area contributed by atoms with Crippen LogP contribution in [0.4, 0.5) is 13.9 Å². The van der Waals surface area contributed by atoms with Gasteiger partial charge in [0.15, 0.2) is 28.3 Å². The fraction of sp³-hybridized carbons (Fsp3) is 0.273. The van der Waals surface area contributed by atoms with Crippen LogP contribution in [0.2, 0.25) is 0 Å². The number of nitrogens with one attached hydrogen (secondary N) is 1. The van der Waals surface area contributed by atoms with E-state index >= 15 is 0 Å². The number of hydrogen-bond acceptors (Lipinski definition) is 5. The number of aromatic nitrogens is 1. The summed E-state index contributed by atoms with van der Waals surface area (Å²) in [6, 6.07) is 8.55. The van der Waals surface area contributed by atoms with Gasteiger partial charge in [0.05, 0.1) is 18.9 Å². The number of hydrogen-bond donors (Lipinski definition) is 1. The van der Waals surface area contributed by atoms with Crippen LogP contribution in [0.5, 0.6) is 11.5 Å². The number of ether oxygens (including phenoxy) is 2. The van der Waals surface area contributed by atoms with Gasteiger partial charge in [-0.05, 0) is 49.7 Å². The molecule has 0 fully saturated rings. The molecular formula is C22H22F2N2O3S. The van der Waals surface area contributed by atoms with E-state index in [4.69, 9.17) is 9.47 Å². The van der Waals surface area contributed by atoms with Crippen LogP contribution >= 0.6 is 11.3 Å². The second-order valence-electron chi connectivity index (χ2n) is 6.42. The lowest BCUT2D eigenvalue weighted by Gasteiger charge is -2.13. The number of carbonyl (C=O) groups is 1. The molecule has 2 aromatic carbocycles. The fourth-order valence-corrected chi connectivity index (χ4v) is 3.37. The third-order valence-corrected chi connectivity index (χ3v) is 4.96. The van der Waals surface area contributed by atoms with E-state index in [1.165, 1.54) is 17.4 Å². The quantitative estimate of drug-likeness (QED) is 0.427. The molecular weight excluding hydrogens is 410 g/mol. The Morgan fingerprint density at radius 2 is 1.90 bits per heavy atom. The molecule has 0 atom stereocenters. The Labute approximate surface area is 177 Å². The number of rotatable bonds is 9. The van der Waals surface area contributed by atoms with Gasteiger partial charge in [0.1, 0.15) is 0 Å². The standard InChI is InChI=1S/C22H22F2N2O3S/c1-3-5-10-29-19-9-7-15(12-20(19)28-4-2)21(27)26-22-25-18(13-30-22)14-6-8-16(23)17(24)11-14/h6-9,11-13H,3-5,10H2,1-2H3,(H,25,26,27). The molecule has 0 bridgehead atoms. The van der Waals surface area contributed by atoms with Crippen molar-refractivity contribution in [1.29, 1.82) is 0 Å². The van der Waals surface area contributed by atoms with E-state index in [2.05, 4.69) is 17.2 Å². The van der Waals surface area contributed by atoms with Crippen LogP contribution in [-0.4, -0.2) is 24.1 Å². The van der Waals surface area contributed by atoms with Crippen molar-refractivity contribution in [1.82, 2.24) is 4.98 Å². The molecule has 0 aliphatic rings. The zero-order chi connectivity index (χ0) is 21.5. The first kappa shape index (κ1) is 21.7. The Kier molecular flexibility index (Phi) is 7.35. The molecule has 0 saturated heterocycles. The molecule has 1 aromatic heterocycles. The maximum absolute atomic E-state index is 13.4. The van der Waals surface area contributed by atoms with Gasteiger partial charge in [-0.15, -0.1) is 11.3 Å². The summed E-state index contributed by atoms with van der Waals surface area (Å²) in [7, 11) is 0. The van der Waals surface area contributed by atoms with Crippen molar-refractivity contribution < 1.29 is 23.0 Å². The summed E-state index contributed by atoms with van der Waals surface area (Å²) >= 11 is 1.19. The first-order valence-electron chi connectivity index (χ1n) is 9.63. The summed E-state index contributed by atoms with van der Waals surface area (Å²) in [5.74, 6) is -1.13. The van der Waals surface area contributed by atoms with Gasteiger partial charge in [0, 0.05) is 16.5 Å². The summed E-state index contributed by atoms with van der Waals surface area (Å²) in [5, 5.41) is 4.73. The van der Waals surface area contributed by atoms with Crippen LogP contribution in [0, 0.1) is 11.6 Å². The topological polar surface area (TPSA) is 60.5 Å². The minimum absolute atomic E-state index is 0.348. The molecule has 0 radical (unpaired) electrons. The van der Waals surface area contributed by atoms with Gasteiger partial charge in [-0.1, -0.05) is 13.3 Å². The van der Waals surface area contributed by atoms with Crippen molar-refractivity contribution in [3.05, 3.63) is 59.0 Å². The van der Waals surface area contributed by atoms with E-state index in [1.54, 1.807) is 23.6 Å². The summed E-state index contributed by atoms with van der Waals surface area (Å²) < 4.78 is 37.9.